The van der Waals surface area contributed by atoms with Crippen LogP contribution in [0.4, 0.5) is 11.4 Å². The second-order valence-corrected chi connectivity index (χ2v) is 7.83. The lowest BCUT2D eigenvalue weighted by atomic mass is 10.1. The van der Waals surface area contributed by atoms with Crippen LogP contribution in [0.3, 0.4) is 0 Å². The molecule has 0 aliphatic rings. The van der Waals surface area contributed by atoms with Crippen LogP contribution in [-0.4, -0.2) is 17.4 Å². The number of rotatable bonds is 8. The van der Waals surface area contributed by atoms with Gasteiger partial charge in [-0.25, -0.2) is 0 Å². The first-order chi connectivity index (χ1) is 14.5. The zero-order valence-electron chi connectivity index (χ0n) is 17.9. The molecule has 0 spiro atoms. The van der Waals surface area contributed by atoms with Crippen LogP contribution in [0.1, 0.15) is 47.3 Å². The van der Waals surface area contributed by atoms with Crippen molar-refractivity contribution in [2.75, 3.05) is 11.9 Å². The van der Waals surface area contributed by atoms with Gasteiger partial charge in [0.15, 0.2) is 0 Å². The molecule has 0 aliphatic carbocycles. The van der Waals surface area contributed by atoms with Gasteiger partial charge in [0.05, 0.1) is 0 Å². The monoisotopic (exact) mass is 399 g/mol. The number of aryl methyl sites for hydroxylation is 1. The van der Waals surface area contributed by atoms with Gasteiger partial charge in [0.25, 0.3) is 5.91 Å². The number of hydrogen-bond donors (Lipinski definition) is 2. The molecule has 0 unspecified atom stereocenters. The van der Waals surface area contributed by atoms with Crippen molar-refractivity contribution in [2.24, 2.45) is 5.92 Å². The lowest BCUT2D eigenvalue weighted by Gasteiger charge is -2.12. The van der Waals surface area contributed by atoms with E-state index in [9.17, 15) is 4.79 Å². The molecule has 0 saturated heterocycles. The van der Waals surface area contributed by atoms with E-state index in [1.165, 1.54) is 0 Å². The van der Waals surface area contributed by atoms with Crippen molar-refractivity contribution >= 4 is 29.4 Å². The van der Waals surface area contributed by atoms with E-state index in [-0.39, 0.29) is 5.91 Å². The Kier molecular flexibility index (Phi) is 7.39. The van der Waals surface area contributed by atoms with Gasteiger partial charge in [-0.1, -0.05) is 38.1 Å². The number of nitrogens with zero attached hydrogens (tertiary/aromatic N) is 1. The molecule has 3 rings (SSSR count). The number of aromatic nitrogens is 1. The van der Waals surface area contributed by atoms with E-state index in [0.717, 1.165) is 34.5 Å². The number of benzene rings is 2. The lowest BCUT2D eigenvalue weighted by molar-refractivity contribution is 0.0952. The number of carbonyl (C=O) groups is 1. The molecule has 2 N–H and O–H groups in total. The van der Waals surface area contributed by atoms with E-state index in [1.54, 1.807) is 12.4 Å². The SMILES string of the molecule is Cc1cc(C(=O)NCCC(C)C)ccc1Nc1cccc(C=Cc2ccncc2)c1. The third kappa shape index (κ3) is 6.31. The minimum atomic E-state index is -0.0199. The highest BCUT2D eigenvalue weighted by Gasteiger charge is 2.08. The van der Waals surface area contributed by atoms with Gasteiger partial charge < -0.3 is 10.6 Å². The largest absolute Gasteiger partial charge is 0.355 e. The fraction of sp³-hybridized carbons (Fsp3) is 0.231. The molecule has 1 amide bonds. The van der Waals surface area contributed by atoms with E-state index < -0.39 is 0 Å². The first-order valence-electron chi connectivity index (χ1n) is 10.4. The van der Waals surface area contributed by atoms with Crippen molar-refractivity contribution < 1.29 is 4.79 Å². The number of hydrogen-bond acceptors (Lipinski definition) is 3. The summed E-state index contributed by atoms with van der Waals surface area (Å²) in [5, 5.41) is 6.45. The lowest BCUT2D eigenvalue weighted by Crippen LogP contribution is -2.25. The zero-order chi connectivity index (χ0) is 21.3. The predicted octanol–water partition coefficient (Wildman–Crippen LogP) is 6.08. The Morgan fingerprint density at radius 2 is 1.77 bits per heavy atom. The fourth-order valence-electron chi connectivity index (χ4n) is 3.06. The Hall–Kier alpha value is -3.40. The Labute approximate surface area is 179 Å². The summed E-state index contributed by atoms with van der Waals surface area (Å²) < 4.78 is 0. The van der Waals surface area contributed by atoms with E-state index in [0.29, 0.717) is 18.0 Å². The molecule has 4 nitrogen and oxygen atoms in total. The molecule has 0 saturated carbocycles. The molecule has 0 atom stereocenters. The molecule has 0 fully saturated rings. The molecule has 1 aromatic heterocycles. The van der Waals surface area contributed by atoms with Gasteiger partial charge in [-0.15, -0.1) is 0 Å². The van der Waals surface area contributed by atoms with Crippen LogP contribution < -0.4 is 10.6 Å². The van der Waals surface area contributed by atoms with Gasteiger partial charge in [0.2, 0.25) is 0 Å². The number of anilines is 2. The number of amides is 1. The van der Waals surface area contributed by atoms with Crippen molar-refractivity contribution in [3.05, 3.63) is 89.2 Å². The summed E-state index contributed by atoms with van der Waals surface area (Å²) >= 11 is 0. The third-order valence-electron chi connectivity index (χ3n) is 4.84. The summed E-state index contributed by atoms with van der Waals surface area (Å²) in [6, 6.07) is 17.9. The summed E-state index contributed by atoms with van der Waals surface area (Å²) in [5.74, 6) is 0.558. The maximum Gasteiger partial charge on any atom is 0.251 e. The summed E-state index contributed by atoms with van der Waals surface area (Å²) in [7, 11) is 0. The number of pyridine rings is 1. The average Bonchev–Trinajstić information content (AvgIpc) is 2.74. The highest BCUT2D eigenvalue weighted by Crippen LogP contribution is 2.23. The van der Waals surface area contributed by atoms with Crippen molar-refractivity contribution in [1.82, 2.24) is 10.3 Å². The molecule has 154 valence electrons. The van der Waals surface area contributed by atoms with Crippen LogP contribution in [0.5, 0.6) is 0 Å². The first kappa shape index (κ1) is 21.3. The molecule has 4 heteroatoms. The van der Waals surface area contributed by atoms with Crippen LogP contribution in [0, 0.1) is 12.8 Å². The molecular formula is C26H29N3O. The third-order valence-corrected chi connectivity index (χ3v) is 4.84. The molecule has 0 radical (unpaired) electrons. The minimum Gasteiger partial charge on any atom is -0.355 e. The normalized spacial score (nSPS) is 11.1. The van der Waals surface area contributed by atoms with Gasteiger partial charge in [0.1, 0.15) is 0 Å². The first-order valence-corrected chi connectivity index (χ1v) is 10.4. The quantitative estimate of drug-likeness (QED) is 0.483. The Balaban J connectivity index is 1.66. The van der Waals surface area contributed by atoms with E-state index in [1.807, 2.05) is 49.4 Å². The molecule has 1 heterocycles. The van der Waals surface area contributed by atoms with Gasteiger partial charge in [-0.3, -0.25) is 9.78 Å². The Bertz CT molecular complexity index is 1010. The van der Waals surface area contributed by atoms with Gasteiger partial charge in [0, 0.05) is 35.9 Å². The smallest absolute Gasteiger partial charge is 0.251 e. The molecule has 3 aromatic rings. The van der Waals surface area contributed by atoms with E-state index in [4.69, 9.17) is 0 Å². The fourth-order valence-corrected chi connectivity index (χ4v) is 3.06. The Morgan fingerprint density at radius 1 is 1.00 bits per heavy atom. The number of carbonyl (C=O) groups excluding carboxylic acids is 1. The van der Waals surface area contributed by atoms with Crippen LogP contribution in [0.2, 0.25) is 0 Å². The van der Waals surface area contributed by atoms with Gasteiger partial charge in [-0.05, 0) is 78.4 Å². The number of nitrogens with one attached hydrogen (secondary N) is 2. The minimum absolute atomic E-state index is 0.0199. The molecule has 0 aliphatic heterocycles. The van der Waals surface area contributed by atoms with Gasteiger partial charge >= 0.3 is 0 Å². The topological polar surface area (TPSA) is 54.0 Å². The standard InChI is InChI=1S/C26H29N3O/c1-19(2)11-16-28-26(30)23-9-10-25(20(3)17-23)29-24-6-4-5-22(18-24)8-7-21-12-14-27-15-13-21/h4-10,12-15,17-19,29H,11,16H2,1-3H3,(H,28,30). The van der Waals surface area contributed by atoms with Crippen molar-refractivity contribution in [3.63, 3.8) is 0 Å². The molecule has 0 bridgehead atoms. The summed E-state index contributed by atoms with van der Waals surface area (Å²) in [6.45, 7) is 7.02. The summed E-state index contributed by atoms with van der Waals surface area (Å²) in [6.07, 6.45) is 8.70. The van der Waals surface area contributed by atoms with Crippen LogP contribution >= 0.6 is 0 Å². The zero-order valence-corrected chi connectivity index (χ0v) is 17.9. The van der Waals surface area contributed by atoms with Gasteiger partial charge in [-0.2, -0.15) is 0 Å². The molecular weight excluding hydrogens is 370 g/mol. The molecule has 2 aromatic carbocycles. The second-order valence-electron chi connectivity index (χ2n) is 7.83. The van der Waals surface area contributed by atoms with E-state index in [2.05, 4.69) is 53.7 Å². The van der Waals surface area contributed by atoms with E-state index >= 15 is 0 Å². The summed E-state index contributed by atoms with van der Waals surface area (Å²) in [5.41, 5.74) is 5.94. The highest BCUT2D eigenvalue weighted by atomic mass is 16.1. The molecule has 30 heavy (non-hydrogen) atoms. The second kappa shape index (κ2) is 10.4. The average molecular weight is 400 g/mol. The predicted molar refractivity (Wildman–Crippen MR) is 126 cm³/mol. The summed E-state index contributed by atoms with van der Waals surface area (Å²) in [4.78, 5) is 16.4. The van der Waals surface area contributed by atoms with Crippen LogP contribution in [0.25, 0.3) is 12.2 Å². The van der Waals surface area contributed by atoms with Crippen LogP contribution in [0.15, 0.2) is 67.0 Å². The maximum absolute atomic E-state index is 12.3. The maximum atomic E-state index is 12.3. The Morgan fingerprint density at radius 3 is 2.50 bits per heavy atom. The van der Waals surface area contributed by atoms with Crippen molar-refractivity contribution in [2.45, 2.75) is 27.2 Å². The van der Waals surface area contributed by atoms with Crippen molar-refractivity contribution in [3.8, 4) is 0 Å². The van der Waals surface area contributed by atoms with Crippen LogP contribution in [-0.2, 0) is 0 Å². The highest BCUT2D eigenvalue weighted by molar-refractivity contribution is 5.95. The van der Waals surface area contributed by atoms with Crippen molar-refractivity contribution in [1.29, 1.82) is 0 Å².